The lowest BCUT2D eigenvalue weighted by atomic mass is 10.2. The van der Waals surface area contributed by atoms with Gasteiger partial charge in [-0.2, -0.15) is 0 Å². The normalized spacial score (nSPS) is 11.4. The van der Waals surface area contributed by atoms with Crippen LogP contribution >= 0.6 is 0 Å². The summed E-state index contributed by atoms with van der Waals surface area (Å²) in [7, 11) is 0. The highest BCUT2D eigenvalue weighted by Gasteiger charge is 2.25. The van der Waals surface area contributed by atoms with Crippen LogP contribution in [0.4, 0.5) is 9.59 Å². The maximum absolute atomic E-state index is 12.1. The highest BCUT2D eigenvalue weighted by molar-refractivity contribution is 5.69. The van der Waals surface area contributed by atoms with Crippen LogP contribution in [0, 0.1) is 0 Å². The van der Waals surface area contributed by atoms with Gasteiger partial charge in [0, 0.05) is 52.4 Å². The fourth-order valence-electron chi connectivity index (χ4n) is 2.31. The lowest BCUT2D eigenvalue weighted by Gasteiger charge is -2.30. The summed E-state index contributed by atoms with van der Waals surface area (Å²) in [4.78, 5) is 26.9. The van der Waals surface area contributed by atoms with E-state index in [0.29, 0.717) is 13.1 Å². The summed E-state index contributed by atoms with van der Waals surface area (Å²) >= 11 is 0. The molecule has 0 rings (SSSR count). The Bertz CT molecular complexity index is 478. The summed E-state index contributed by atoms with van der Waals surface area (Å²) in [5.74, 6) is 0. The highest BCUT2D eigenvalue weighted by atomic mass is 16.6. The molecule has 12 heteroatoms. The molecular weight excluding hydrogens is 448 g/mol. The van der Waals surface area contributed by atoms with Crippen LogP contribution in [0.2, 0.25) is 0 Å². The number of carbonyl (C=O) groups excluding carboxylic acids is 2. The monoisotopic (exact) mass is 496 g/mol. The average molecular weight is 497 g/mol. The Hall–Kier alpha value is -1.70. The van der Waals surface area contributed by atoms with E-state index in [1.165, 1.54) is 9.80 Å². The van der Waals surface area contributed by atoms with Gasteiger partial charge in [0.05, 0.1) is 26.4 Å². The van der Waals surface area contributed by atoms with Crippen LogP contribution in [0.3, 0.4) is 0 Å². The molecule has 0 aromatic carbocycles. The van der Waals surface area contributed by atoms with Crippen molar-refractivity contribution in [2.75, 3.05) is 78.8 Å². The van der Waals surface area contributed by atoms with E-state index in [-0.39, 0.29) is 52.6 Å². The number of hydrogen-bond acceptors (Lipinski definition) is 10. The first-order chi connectivity index (χ1) is 15.8. The van der Waals surface area contributed by atoms with Crippen LogP contribution in [-0.4, -0.2) is 132 Å². The van der Waals surface area contributed by atoms with Crippen LogP contribution in [-0.2, 0) is 9.47 Å². The van der Waals surface area contributed by atoms with Crippen molar-refractivity contribution in [1.29, 1.82) is 0 Å². The van der Waals surface area contributed by atoms with Crippen LogP contribution in [0.15, 0.2) is 0 Å². The van der Waals surface area contributed by atoms with Gasteiger partial charge in [0.25, 0.3) is 0 Å². The van der Waals surface area contributed by atoms with E-state index in [9.17, 15) is 9.59 Å². The molecule has 0 aliphatic carbocycles. The Labute approximate surface area is 204 Å². The average Bonchev–Trinajstić information content (AvgIpc) is 2.70. The van der Waals surface area contributed by atoms with E-state index in [1.54, 1.807) is 41.5 Å². The minimum absolute atomic E-state index is 0.0934. The van der Waals surface area contributed by atoms with Gasteiger partial charge in [-0.3, -0.25) is 0 Å². The quantitative estimate of drug-likeness (QED) is 0.174. The molecular formula is C22H48N4O8. The zero-order valence-electron chi connectivity index (χ0n) is 21.8. The van der Waals surface area contributed by atoms with Crippen molar-refractivity contribution in [2.45, 2.75) is 52.7 Å². The summed E-state index contributed by atoms with van der Waals surface area (Å²) in [6.45, 7) is 13.9. The Morgan fingerprint density at radius 3 is 1.15 bits per heavy atom. The third-order valence-electron chi connectivity index (χ3n) is 3.74. The van der Waals surface area contributed by atoms with Gasteiger partial charge in [-0.05, 0) is 41.5 Å². The van der Waals surface area contributed by atoms with Crippen molar-refractivity contribution in [3.05, 3.63) is 0 Å². The number of aliphatic hydroxyl groups excluding tert-OH is 4. The Morgan fingerprint density at radius 1 is 0.588 bits per heavy atom. The Kier molecular flexibility index (Phi) is 19.9. The summed E-state index contributed by atoms with van der Waals surface area (Å²) < 4.78 is 10.6. The number of hydrogen-bond donors (Lipinski definition) is 6. The van der Waals surface area contributed by atoms with Crippen molar-refractivity contribution < 1.29 is 39.5 Å². The van der Waals surface area contributed by atoms with Gasteiger partial charge in [0.15, 0.2) is 0 Å². The number of ether oxygens (including phenoxy) is 2. The summed E-state index contributed by atoms with van der Waals surface area (Å²) in [6.07, 6.45) is -1.13. The summed E-state index contributed by atoms with van der Waals surface area (Å²) in [5, 5.41) is 40.9. The zero-order valence-corrected chi connectivity index (χ0v) is 21.8. The minimum Gasteiger partial charge on any atom is -0.444 e. The van der Waals surface area contributed by atoms with Gasteiger partial charge in [0.1, 0.15) is 11.2 Å². The predicted octanol–water partition coefficient (Wildman–Crippen LogP) is -0.405. The molecule has 0 atom stereocenters. The largest absolute Gasteiger partial charge is 0.444 e. The molecule has 0 aliphatic rings. The lowest BCUT2D eigenvalue weighted by molar-refractivity contribution is 0.00982. The van der Waals surface area contributed by atoms with Crippen molar-refractivity contribution >= 4 is 12.2 Å². The molecule has 2 amide bonds. The van der Waals surface area contributed by atoms with Crippen molar-refractivity contribution in [2.24, 2.45) is 0 Å². The first-order valence-corrected chi connectivity index (χ1v) is 11.6. The second-order valence-electron chi connectivity index (χ2n) is 9.33. The molecule has 0 bridgehead atoms. The van der Waals surface area contributed by atoms with Gasteiger partial charge in [-0.1, -0.05) is 0 Å². The van der Waals surface area contributed by atoms with E-state index >= 15 is 0 Å². The fraction of sp³-hybridized carbons (Fsp3) is 0.909. The van der Waals surface area contributed by atoms with Gasteiger partial charge in [-0.15, -0.1) is 0 Å². The van der Waals surface area contributed by atoms with Crippen molar-refractivity contribution in [3.8, 4) is 0 Å². The third kappa shape index (κ3) is 22.1. The minimum atomic E-state index is -0.652. The molecule has 0 aromatic rings. The van der Waals surface area contributed by atoms with Gasteiger partial charge < -0.3 is 50.3 Å². The smallest absolute Gasteiger partial charge is 0.410 e. The number of nitrogens with one attached hydrogen (secondary N) is 2. The predicted molar refractivity (Wildman–Crippen MR) is 130 cm³/mol. The molecule has 0 heterocycles. The first-order valence-electron chi connectivity index (χ1n) is 11.6. The van der Waals surface area contributed by atoms with Gasteiger partial charge in [0.2, 0.25) is 0 Å². The number of amides is 2. The SMILES string of the molecule is CC(C)(C)OC(=O)N(CCO)CCN(CCO)C(=O)OC(C)(C)C.OCCNCCNCCO. The van der Waals surface area contributed by atoms with Gasteiger partial charge in [-0.25, -0.2) is 9.59 Å². The maximum atomic E-state index is 12.1. The molecule has 0 fully saturated rings. The van der Waals surface area contributed by atoms with E-state index < -0.39 is 23.4 Å². The lowest BCUT2D eigenvalue weighted by Crippen LogP contribution is -2.46. The zero-order chi connectivity index (χ0) is 26.6. The van der Waals surface area contributed by atoms with Crippen molar-refractivity contribution in [3.63, 3.8) is 0 Å². The maximum Gasteiger partial charge on any atom is 0.410 e. The first kappa shape index (κ1) is 34.5. The number of nitrogens with zero attached hydrogens (tertiary/aromatic N) is 2. The van der Waals surface area contributed by atoms with E-state index in [0.717, 1.165) is 13.1 Å². The van der Waals surface area contributed by atoms with E-state index in [1.807, 2.05) is 0 Å². The number of rotatable bonds is 14. The molecule has 6 N–H and O–H groups in total. The summed E-state index contributed by atoms with van der Waals surface area (Å²) in [6, 6.07) is 0. The molecule has 12 nitrogen and oxygen atoms in total. The Balaban J connectivity index is 0. The molecule has 0 saturated carbocycles. The van der Waals surface area contributed by atoms with Gasteiger partial charge >= 0.3 is 12.2 Å². The second-order valence-corrected chi connectivity index (χ2v) is 9.33. The highest BCUT2D eigenvalue weighted by Crippen LogP contribution is 2.12. The topological polar surface area (TPSA) is 164 Å². The van der Waals surface area contributed by atoms with Crippen molar-refractivity contribution in [1.82, 2.24) is 20.4 Å². The number of aliphatic hydroxyl groups is 4. The fourth-order valence-corrected chi connectivity index (χ4v) is 2.31. The third-order valence-corrected chi connectivity index (χ3v) is 3.74. The molecule has 0 spiro atoms. The van der Waals surface area contributed by atoms with Crippen LogP contribution in [0.5, 0.6) is 0 Å². The second kappa shape index (κ2) is 19.6. The molecule has 204 valence electrons. The molecule has 0 aromatic heterocycles. The molecule has 0 unspecified atom stereocenters. The van der Waals surface area contributed by atoms with Crippen LogP contribution < -0.4 is 10.6 Å². The summed E-state index contributed by atoms with van der Waals surface area (Å²) in [5.41, 5.74) is -1.30. The molecule has 0 saturated heterocycles. The Morgan fingerprint density at radius 2 is 0.912 bits per heavy atom. The molecule has 0 aliphatic heterocycles. The van der Waals surface area contributed by atoms with Crippen LogP contribution in [0.1, 0.15) is 41.5 Å². The molecule has 34 heavy (non-hydrogen) atoms. The van der Waals surface area contributed by atoms with E-state index in [2.05, 4.69) is 10.6 Å². The number of carbonyl (C=O) groups is 2. The standard InChI is InChI=1S/C16H32N2O6.C6H16N2O2/c1-15(2,3)23-13(21)17(9-11-19)7-8-18(10-12-20)14(22)24-16(4,5)6;9-5-3-7-1-2-8-4-6-10/h19-20H,7-12H2,1-6H3;7-10H,1-6H2. The van der Waals surface area contributed by atoms with E-state index in [4.69, 9.17) is 29.9 Å². The molecule has 0 radical (unpaired) electrons. The van der Waals surface area contributed by atoms with Crippen LogP contribution in [0.25, 0.3) is 0 Å².